The number of benzene rings is 1. The van der Waals surface area contributed by atoms with Gasteiger partial charge in [-0.15, -0.1) is 0 Å². The molecule has 0 fully saturated rings. The lowest BCUT2D eigenvalue weighted by atomic mass is 10.2. The monoisotopic (exact) mass is 196 g/mol. The summed E-state index contributed by atoms with van der Waals surface area (Å²) in [6.45, 7) is 3.91. The van der Waals surface area contributed by atoms with Gasteiger partial charge < -0.3 is 4.74 Å². The SMILES string of the molecule is CCSC(=O)Oc1ccc(C)cc1. The Morgan fingerprint density at radius 1 is 1.38 bits per heavy atom. The molecule has 0 saturated heterocycles. The van der Waals surface area contributed by atoms with E-state index in [0.717, 1.165) is 11.3 Å². The van der Waals surface area contributed by atoms with Crippen molar-refractivity contribution in [2.45, 2.75) is 13.8 Å². The second-order valence-electron chi connectivity index (χ2n) is 2.60. The molecular formula is C10H12O2S. The molecule has 2 nitrogen and oxygen atoms in total. The zero-order chi connectivity index (χ0) is 9.68. The largest absolute Gasteiger partial charge is 0.418 e. The lowest BCUT2D eigenvalue weighted by Crippen LogP contribution is -2.00. The van der Waals surface area contributed by atoms with E-state index in [2.05, 4.69) is 0 Å². The van der Waals surface area contributed by atoms with E-state index in [9.17, 15) is 4.79 Å². The van der Waals surface area contributed by atoms with E-state index in [4.69, 9.17) is 4.74 Å². The first-order valence-corrected chi connectivity index (χ1v) is 5.12. The third-order valence-corrected chi connectivity index (χ3v) is 2.09. The Hall–Kier alpha value is -0.960. The maximum absolute atomic E-state index is 11.0. The van der Waals surface area contributed by atoms with Crippen molar-refractivity contribution in [1.82, 2.24) is 0 Å². The van der Waals surface area contributed by atoms with Gasteiger partial charge >= 0.3 is 5.30 Å². The molecule has 0 aliphatic heterocycles. The van der Waals surface area contributed by atoms with E-state index in [1.165, 1.54) is 11.8 Å². The summed E-state index contributed by atoms with van der Waals surface area (Å²) in [6.07, 6.45) is 0. The van der Waals surface area contributed by atoms with Gasteiger partial charge in [0.2, 0.25) is 0 Å². The molecule has 0 aliphatic carbocycles. The zero-order valence-corrected chi connectivity index (χ0v) is 8.56. The molecule has 3 heteroatoms. The number of carbonyl (C=O) groups excluding carboxylic acids is 1. The summed E-state index contributed by atoms with van der Waals surface area (Å²) in [4.78, 5) is 11.0. The number of hydrogen-bond acceptors (Lipinski definition) is 3. The fraction of sp³-hybridized carbons (Fsp3) is 0.300. The molecule has 1 aromatic rings. The number of carbonyl (C=O) groups is 1. The quantitative estimate of drug-likeness (QED) is 0.679. The van der Waals surface area contributed by atoms with Gasteiger partial charge in [0.1, 0.15) is 5.75 Å². The summed E-state index contributed by atoms with van der Waals surface area (Å²) in [5, 5.41) is -0.244. The van der Waals surface area contributed by atoms with Crippen molar-refractivity contribution in [3.8, 4) is 5.75 Å². The Morgan fingerprint density at radius 2 is 2.00 bits per heavy atom. The van der Waals surface area contributed by atoms with Crippen LogP contribution in [0.2, 0.25) is 0 Å². The second-order valence-corrected chi connectivity index (χ2v) is 3.80. The summed E-state index contributed by atoms with van der Waals surface area (Å²) >= 11 is 1.17. The third kappa shape index (κ3) is 3.51. The molecule has 0 atom stereocenters. The maximum Gasteiger partial charge on any atom is 0.372 e. The fourth-order valence-electron chi connectivity index (χ4n) is 0.850. The van der Waals surface area contributed by atoms with Crippen LogP contribution in [0.15, 0.2) is 24.3 Å². The molecule has 0 heterocycles. The molecule has 0 amide bonds. The topological polar surface area (TPSA) is 26.3 Å². The number of thioether (sulfide) groups is 1. The summed E-state index contributed by atoms with van der Waals surface area (Å²) < 4.78 is 5.03. The van der Waals surface area contributed by atoms with Crippen molar-refractivity contribution in [2.75, 3.05) is 5.75 Å². The maximum atomic E-state index is 11.0. The third-order valence-electron chi connectivity index (χ3n) is 1.48. The van der Waals surface area contributed by atoms with E-state index in [1.54, 1.807) is 12.1 Å². The number of rotatable bonds is 2. The van der Waals surface area contributed by atoms with Crippen molar-refractivity contribution in [3.05, 3.63) is 29.8 Å². The van der Waals surface area contributed by atoms with Crippen LogP contribution >= 0.6 is 11.8 Å². The Bertz CT molecular complexity index is 279. The number of ether oxygens (including phenoxy) is 1. The van der Waals surface area contributed by atoms with E-state index in [1.807, 2.05) is 26.0 Å². The lowest BCUT2D eigenvalue weighted by Gasteiger charge is -2.02. The molecule has 1 aromatic carbocycles. The fourth-order valence-corrected chi connectivity index (χ4v) is 1.24. The van der Waals surface area contributed by atoms with Gasteiger partial charge in [-0.25, -0.2) is 4.79 Å². The van der Waals surface area contributed by atoms with Gasteiger partial charge in [0.05, 0.1) is 0 Å². The predicted molar refractivity (Wildman–Crippen MR) is 55.3 cm³/mol. The zero-order valence-electron chi connectivity index (χ0n) is 7.74. The van der Waals surface area contributed by atoms with E-state index in [0.29, 0.717) is 5.75 Å². The molecule has 0 unspecified atom stereocenters. The first-order valence-electron chi connectivity index (χ1n) is 4.13. The van der Waals surface area contributed by atoms with E-state index >= 15 is 0 Å². The Kier molecular flexibility index (Phi) is 3.83. The Labute approximate surface area is 82.3 Å². The van der Waals surface area contributed by atoms with Crippen molar-refractivity contribution in [2.24, 2.45) is 0 Å². The molecule has 70 valence electrons. The average molecular weight is 196 g/mol. The highest BCUT2D eigenvalue weighted by Gasteiger charge is 2.02. The predicted octanol–water partition coefficient (Wildman–Crippen LogP) is 3.25. The summed E-state index contributed by atoms with van der Waals surface area (Å²) in [5.74, 6) is 1.35. The minimum atomic E-state index is -0.244. The van der Waals surface area contributed by atoms with Gasteiger partial charge in [-0.2, -0.15) is 0 Å². The Morgan fingerprint density at radius 3 is 2.54 bits per heavy atom. The van der Waals surface area contributed by atoms with Crippen LogP contribution in [0, 0.1) is 6.92 Å². The first-order chi connectivity index (χ1) is 6.22. The van der Waals surface area contributed by atoms with Crippen LogP contribution in [0.1, 0.15) is 12.5 Å². The molecule has 1 rings (SSSR count). The van der Waals surface area contributed by atoms with Crippen molar-refractivity contribution < 1.29 is 9.53 Å². The molecule has 0 N–H and O–H groups in total. The standard InChI is InChI=1S/C10H12O2S/c1-3-13-10(11)12-9-6-4-8(2)5-7-9/h4-7H,3H2,1-2H3. The van der Waals surface area contributed by atoms with Gasteiger partial charge in [0.25, 0.3) is 0 Å². The first kappa shape index (κ1) is 10.1. The van der Waals surface area contributed by atoms with Gasteiger partial charge in [-0.1, -0.05) is 24.6 Å². The number of aryl methyl sites for hydroxylation is 1. The molecule has 0 spiro atoms. The summed E-state index contributed by atoms with van der Waals surface area (Å²) in [7, 11) is 0. The number of hydrogen-bond donors (Lipinski definition) is 0. The van der Waals surface area contributed by atoms with Crippen LogP contribution in [0.5, 0.6) is 5.75 Å². The van der Waals surface area contributed by atoms with Gasteiger partial charge in [0.15, 0.2) is 0 Å². The summed E-state index contributed by atoms with van der Waals surface area (Å²) in [5.41, 5.74) is 1.16. The molecule has 0 bridgehead atoms. The lowest BCUT2D eigenvalue weighted by molar-refractivity contribution is 0.227. The van der Waals surface area contributed by atoms with Crippen LogP contribution in [-0.4, -0.2) is 11.1 Å². The normalized spacial score (nSPS) is 9.69. The van der Waals surface area contributed by atoms with Crippen molar-refractivity contribution in [3.63, 3.8) is 0 Å². The molecule has 0 saturated carbocycles. The van der Waals surface area contributed by atoms with Crippen LogP contribution in [0.4, 0.5) is 4.79 Å². The van der Waals surface area contributed by atoms with Crippen molar-refractivity contribution >= 4 is 17.1 Å². The molecular weight excluding hydrogens is 184 g/mol. The second kappa shape index (κ2) is 4.92. The van der Waals surface area contributed by atoms with Gasteiger partial charge in [0, 0.05) is 5.75 Å². The highest BCUT2D eigenvalue weighted by atomic mass is 32.2. The smallest absolute Gasteiger partial charge is 0.372 e. The Balaban J connectivity index is 2.54. The highest BCUT2D eigenvalue weighted by Crippen LogP contribution is 2.14. The van der Waals surface area contributed by atoms with Crippen LogP contribution < -0.4 is 4.74 Å². The van der Waals surface area contributed by atoms with E-state index in [-0.39, 0.29) is 5.30 Å². The van der Waals surface area contributed by atoms with Gasteiger partial charge in [-0.05, 0) is 30.8 Å². The molecule has 0 aromatic heterocycles. The molecule has 13 heavy (non-hydrogen) atoms. The minimum Gasteiger partial charge on any atom is -0.418 e. The van der Waals surface area contributed by atoms with Crippen molar-refractivity contribution in [1.29, 1.82) is 0 Å². The van der Waals surface area contributed by atoms with E-state index < -0.39 is 0 Å². The average Bonchev–Trinajstić information content (AvgIpc) is 2.09. The van der Waals surface area contributed by atoms with Gasteiger partial charge in [-0.3, -0.25) is 0 Å². The van der Waals surface area contributed by atoms with Crippen LogP contribution in [-0.2, 0) is 0 Å². The van der Waals surface area contributed by atoms with Crippen LogP contribution in [0.3, 0.4) is 0 Å². The highest BCUT2D eigenvalue weighted by molar-refractivity contribution is 8.13. The summed E-state index contributed by atoms with van der Waals surface area (Å²) in [6, 6.07) is 7.42. The van der Waals surface area contributed by atoms with Crippen LogP contribution in [0.25, 0.3) is 0 Å². The molecule has 0 aliphatic rings. The minimum absolute atomic E-state index is 0.244. The molecule has 0 radical (unpaired) electrons.